The van der Waals surface area contributed by atoms with Crippen molar-refractivity contribution in [3.8, 4) is 0 Å². The number of rotatable bonds is 24. The molecule has 56 heavy (non-hydrogen) atoms. The Labute approximate surface area is 322 Å². The molecule has 1 saturated heterocycles. The summed E-state index contributed by atoms with van der Waals surface area (Å²) in [5, 5.41) is 23.8. The first kappa shape index (κ1) is 49.4. The molecule has 0 aromatic carbocycles. The molecule has 0 bridgehead atoms. The third-order valence-electron chi connectivity index (χ3n) is 8.34. The van der Waals surface area contributed by atoms with Crippen LogP contribution in [0.3, 0.4) is 0 Å². The number of phosphoric acid groups is 1. The lowest BCUT2D eigenvalue weighted by Crippen LogP contribution is -2.61. The van der Waals surface area contributed by atoms with Gasteiger partial charge >= 0.3 is 7.82 Å². The average Bonchev–Trinajstić information content (AvgIpc) is 3.60. The summed E-state index contributed by atoms with van der Waals surface area (Å²) in [6, 6.07) is -11.1. The summed E-state index contributed by atoms with van der Waals surface area (Å²) in [6.45, 7) is 4.12. The quantitative estimate of drug-likeness (QED) is 0.0245. The topological polar surface area (TPSA) is 394 Å². The predicted octanol–water partition coefficient (Wildman–Crippen LogP) is -6.03. The van der Waals surface area contributed by atoms with E-state index in [9.17, 15) is 62.6 Å². The van der Waals surface area contributed by atoms with Crippen molar-refractivity contribution in [2.24, 2.45) is 17.2 Å². The van der Waals surface area contributed by atoms with Gasteiger partial charge in [-0.05, 0) is 66.3 Å². The molecular formula is C31H55N10O14P. The monoisotopic (exact) mass is 822 g/mol. The summed E-state index contributed by atoms with van der Waals surface area (Å²) < 4.78 is 15.9. The summed E-state index contributed by atoms with van der Waals surface area (Å²) >= 11 is 0. The Hall–Kier alpha value is -4.58. The Kier molecular flexibility index (Phi) is 20.7. The van der Waals surface area contributed by atoms with Crippen molar-refractivity contribution in [1.29, 1.82) is 0 Å². The van der Waals surface area contributed by atoms with E-state index in [1.165, 1.54) is 13.8 Å². The second-order valence-electron chi connectivity index (χ2n) is 13.3. The van der Waals surface area contributed by atoms with E-state index in [2.05, 4.69) is 36.4 Å². The van der Waals surface area contributed by atoms with E-state index in [4.69, 9.17) is 17.2 Å². The highest BCUT2D eigenvalue weighted by atomic mass is 31.2. The number of aldehydes is 1. The number of nitrogens with one attached hydrogen (secondary N) is 6. The third-order valence-corrected chi connectivity index (χ3v) is 8.83. The highest BCUT2D eigenvalue weighted by Gasteiger charge is 2.40. The SMILES string of the molecule is C[C@H](N)C(=O)N[C@@H](C)C(=O)N[C@H](C(=O)N[C@@H](C)C(=O)N[C@@H](COP(=O)(O)O)C(=O)N[C@@H](CC(N)=O)C(=O)N1CCC[C@H]1C(=O)N[C@H](C=O)CCCCN)[C@@H](C)O. The molecule has 8 amide bonds. The molecule has 0 saturated carbocycles. The second kappa shape index (κ2) is 23.5. The van der Waals surface area contributed by atoms with Crippen molar-refractivity contribution < 1.29 is 67.1 Å². The van der Waals surface area contributed by atoms with Crippen LogP contribution in [-0.2, 0) is 52.2 Å². The lowest BCUT2D eigenvalue weighted by Gasteiger charge is -2.30. The van der Waals surface area contributed by atoms with Crippen molar-refractivity contribution in [1.82, 2.24) is 36.8 Å². The molecule has 318 valence electrons. The van der Waals surface area contributed by atoms with Crippen LogP contribution in [0.25, 0.3) is 0 Å². The highest BCUT2D eigenvalue weighted by Crippen LogP contribution is 2.35. The number of carbonyl (C=O) groups excluding carboxylic acids is 9. The number of phosphoric ester groups is 1. The van der Waals surface area contributed by atoms with Gasteiger partial charge in [-0.1, -0.05) is 0 Å². The number of hydrogen-bond acceptors (Lipinski definition) is 14. The van der Waals surface area contributed by atoms with Crippen LogP contribution in [0.1, 0.15) is 66.2 Å². The number of amides is 8. The summed E-state index contributed by atoms with van der Waals surface area (Å²) in [7, 11) is -5.27. The zero-order valence-corrected chi connectivity index (χ0v) is 32.5. The molecule has 15 N–H and O–H groups in total. The normalized spacial score (nSPS) is 18.4. The molecule has 1 rings (SSSR count). The van der Waals surface area contributed by atoms with Gasteiger partial charge in [-0.15, -0.1) is 0 Å². The zero-order chi connectivity index (χ0) is 42.9. The number of carbonyl (C=O) groups is 9. The van der Waals surface area contributed by atoms with Gasteiger partial charge < -0.3 is 73.7 Å². The molecule has 1 aliphatic heterocycles. The minimum absolute atomic E-state index is 0.00797. The fraction of sp³-hybridized carbons (Fsp3) is 0.710. The average molecular weight is 823 g/mol. The van der Waals surface area contributed by atoms with Gasteiger partial charge in [0.25, 0.3) is 0 Å². The molecular weight excluding hydrogens is 767 g/mol. The van der Waals surface area contributed by atoms with Gasteiger partial charge in [-0.2, -0.15) is 0 Å². The molecule has 0 aliphatic carbocycles. The number of unbranched alkanes of at least 4 members (excludes halogenated alkanes) is 1. The van der Waals surface area contributed by atoms with Crippen molar-refractivity contribution >= 4 is 61.4 Å². The van der Waals surface area contributed by atoms with Gasteiger partial charge in [0.2, 0.25) is 47.3 Å². The maximum atomic E-state index is 13.7. The molecule has 0 aromatic heterocycles. The minimum atomic E-state index is -5.27. The van der Waals surface area contributed by atoms with E-state index in [1.54, 1.807) is 0 Å². The number of aliphatic hydroxyl groups is 1. The van der Waals surface area contributed by atoms with E-state index < -0.39 is 123 Å². The zero-order valence-electron chi connectivity index (χ0n) is 31.6. The summed E-state index contributed by atoms with van der Waals surface area (Å²) in [4.78, 5) is 134. The Bertz CT molecular complexity index is 1480. The first-order valence-electron chi connectivity index (χ1n) is 17.7. The van der Waals surface area contributed by atoms with Gasteiger partial charge in [-0.25, -0.2) is 4.57 Å². The van der Waals surface area contributed by atoms with Gasteiger partial charge in [0.15, 0.2) is 0 Å². The predicted molar refractivity (Wildman–Crippen MR) is 194 cm³/mol. The standard InChI is InChI=1S/C31H55N10O14P/c1-15(33)25(45)35-17(3)27(47)40-24(18(4)43)30(50)36-16(2)26(46)39-21(14-55-56(52,53)54)28(48)38-20(12-23(34)44)31(51)41-11-7-9-22(41)29(49)37-19(13-42)8-5-6-10-32/h13,15-22,24,43H,5-12,14,32-33H2,1-4H3,(H2,34,44)(H,35,45)(H,36,50)(H,37,49)(H,38,48)(H,39,46)(H,40,47)(H2,52,53,54)/t15-,16-,17-,18+,19-,20-,21-,22-,24-/m0/s1. The molecule has 25 heteroatoms. The molecule has 1 fully saturated rings. The van der Waals surface area contributed by atoms with Crippen LogP contribution in [0.4, 0.5) is 0 Å². The van der Waals surface area contributed by atoms with E-state index in [0.717, 1.165) is 18.7 Å². The number of nitrogens with zero attached hydrogens (tertiary/aromatic N) is 1. The maximum Gasteiger partial charge on any atom is 0.469 e. The van der Waals surface area contributed by atoms with E-state index in [-0.39, 0.29) is 13.0 Å². The molecule has 9 atom stereocenters. The van der Waals surface area contributed by atoms with Crippen LogP contribution in [0.15, 0.2) is 0 Å². The van der Waals surface area contributed by atoms with Crippen molar-refractivity contribution in [2.75, 3.05) is 19.7 Å². The van der Waals surface area contributed by atoms with Crippen LogP contribution in [-0.4, -0.2) is 147 Å². The molecule has 0 unspecified atom stereocenters. The number of nitrogens with two attached hydrogens (primary N) is 3. The van der Waals surface area contributed by atoms with Crippen LogP contribution in [0.5, 0.6) is 0 Å². The van der Waals surface area contributed by atoms with E-state index in [1.807, 2.05) is 0 Å². The second-order valence-corrected chi connectivity index (χ2v) is 14.5. The highest BCUT2D eigenvalue weighted by molar-refractivity contribution is 7.46. The largest absolute Gasteiger partial charge is 0.469 e. The van der Waals surface area contributed by atoms with Crippen molar-refractivity contribution in [2.45, 2.75) is 121 Å². The lowest BCUT2D eigenvalue weighted by atomic mass is 10.1. The number of primary amides is 1. The Balaban J connectivity index is 3.17. The number of aliphatic hydroxyl groups excluding tert-OH is 1. The Morgan fingerprint density at radius 3 is 1.93 bits per heavy atom. The van der Waals surface area contributed by atoms with Gasteiger partial charge in [0.05, 0.1) is 31.2 Å². The van der Waals surface area contributed by atoms with Crippen LogP contribution < -0.4 is 49.1 Å². The van der Waals surface area contributed by atoms with Crippen LogP contribution in [0.2, 0.25) is 0 Å². The molecule has 0 aromatic rings. The van der Waals surface area contributed by atoms with Crippen LogP contribution in [0, 0.1) is 0 Å². The first-order valence-corrected chi connectivity index (χ1v) is 19.3. The van der Waals surface area contributed by atoms with Gasteiger partial charge in [0, 0.05) is 6.54 Å². The molecule has 1 aliphatic rings. The lowest BCUT2D eigenvalue weighted by molar-refractivity contribution is -0.143. The van der Waals surface area contributed by atoms with E-state index in [0.29, 0.717) is 38.5 Å². The fourth-order valence-electron chi connectivity index (χ4n) is 5.25. The summed E-state index contributed by atoms with van der Waals surface area (Å²) in [5.74, 6) is -7.81. The molecule has 1 heterocycles. The van der Waals surface area contributed by atoms with E-state index >= 15 is 0 Å². The Morgan fingerprint density at radius 1 is 0.839 bits per heavy atom. The van der Waals surface area contributed by atoms with Gasteiger partial charge in [-0.3, -0.25) is 42.9 Å². The number of hydrogen-bond donors (Lipinski definition) is 12. The minimum Gasteiger partial charge on any atom is -0.391 e. The summed E-state index contributed by atoms with van der Waals surface area (Å²) in [6.07, 6.45) is 0.166. The first-order chi connectivity index (χ1) is 26.0. The third kappa shape index (κ3) is 17.1. The fourth-order valence-corrected chi connectivity index (χ4v) is 5.60. The van der Waals surface area contributed by atoms with Crippen molar-refractivity contribution in [3.05, 3.63) is 0 Å². The maximum absolute atomic E-state index is 13.7. The smallest absolute Gasteiger partial charge is 0.391 e. The van der Waals surface area contributed by atoms with Crippen LogP contribution >= 0.6 is 7.82 Å². The molecule has 0 spiro atoms. The molecule has 0 radical (unpaired) electrons. The van der Waals surface area contributed by atoms with Crippen molar-refractivity contribution in [3.63, 3.8) is 0 Å². The Morgan fingerprint density at radius 2 is 1.41 bits per heavy atom. The number of likely N-dealkylation sites (tertiary alicyclic amines) is 1. The van der Waals surface area contributed by atoms with Gasteiger partial charge in [0.1, 0.15) is 42.5 Å². The molecule has 24 nitrogen and oxygen atoms in total. The summed E-state index contributed by atoms with van der Waals surface area (Å²) in [5.41, 5.74) is 16.3.